The molecule has 6 heteroatoms. The van der Waals surface area contributed by atoms with Gasteiger partial charge in [-0.1, -0.05) is 35.7 Å². The minimum Gasteiger partial charge on any atom is -0.300 e. The first-order valence-corrected chi connectivity index (χ1v) is 10.4. The van der Waals surface area contributed by atoms with Gasteiger partial charge in [-0.05, 0) is 49.1 Å². The van der Waals surface area contributed by atoms with Crippen LogP contribution in [0.1, 0.15) is 28.7 Å². The topological polar surface area (TPSA) is 66.5 Å². The Balaban J connectivity index is 1.86. The van der Waals surface area contributed by atoms with Crippen LogP contribution in [0, 0.1) is 26.2 Å². The van der Waals surface area contributed by atoms with E-state index in [0.29, 0.717) is 18.5 Å². The lowest BCUT2D eigenvalue weighted by Gasteiger charge is -2.30. The molecule has 1 heterocycles. The van der Waals surface area contributed by atoms with Gasteiger partial charge in [-0.25, -0.2) is 8.42 Å². The van der Waals surface area contributed by atoms with E-state index in [0.717, 1.165) is 27.9 Å². The molecule has 0 radical (unpaired) electrons. The zero-order chi connectivity index (χ0) is 19.6. The molecule has 27 heavy (non-hydrogen) atoms. The Morgan fingerprint density at radius 1 is 1.15 bits per heavy atom. The molecule has 0 saturated heterocycles. The molecule has 140 valence electrons. The van der Waals surface area contributed by atoms with Crippen molar-refractivity contribution in [1.29, 1.82) is 0 Å². The van der Waals surface area contributed by atoms with E-state index in [1.54, 1.807) is 17.0 Å². The zero-order valence-electron chi connectivity index (χ0n) is 15.5. The van der Waals surface area contributed by atoms with Crippen molar-refractivity contribution < 1.29 is 13.2 Å². The Hall–Kier alpha value is -2.78. The molecule has 2 aromatic rings. The molecule has 0 atom stereocenters. The van der Waals surface area contributed by atoms with Gasteiger partial charge in [-0.3, -0.25) is 9.52 Å². The molecule has 3 rings (SSSR count). The highest BCUT2D eigenvalue weighted by atomic mass is 32.2. The number of rotatable bonds is 5. The fourth-order valence-corrected chi connectivity index (χ4v) is 4.55. The summed E-state index contributed by atoms with van der Waals surface area (Å²) in [6.45, 7) is 4.03. The first kappa shape index (κ1) is 19.0. The molecule has 0 saturated carbocycles. The van der Waals surface area contributed by atoms with E-state index in [1.807, 2.05) is 38.1 Å². The van der Waals surface area contributed by atoms with Gasteiger partial charge in [0.15, 0.2) is 0 Å². The highest BCUT2D eigenvalue weighted by Gasteiger charge is 2.26. The van der Waals surface area contributed by atoms with E-state index >= 15 is 0 Å². The number of carbonyl (C=O) groups excluding carboxylic acids is 1. The van der Waals surface area contributed by atoms with Crippen molar-refractivity contribution in [2.75, 3.05) is 16.2 Å². The van der Waals surface area contributed by atoms with Crippen LogP contribution in [0.5, 0.6) is 0 Å². The van der Waals surface area contributed by atoms with Crippen molar-refractivity contribution >= 4 is 27.3 Å². The number of benzene rings is 2. The van der Waals surface area contributed by atoms with Crippen LogP contribution in [-0.2, 0) is 27.0 Å². The monoisotopic (exact) mass is 382 g/mol. The maximum absolute atomic E-state index is 12.6. The van der Waals surface area contributed by atoms with E-state index in [9.17, 15) is 13.2 Å². The molecule has 2 aromatic carbocycles. The summed E-state index contributed by atoms with van der Waals surface area (Å²) in [6.07, 6.45) is 6.33. The van der Waals surface area contributed by atoms with Gasteiger partial charge in [0, 0.05) is 12.1 Å². The van der Waals surface area contributed by atoms with Crippen LogP contribution in [-0.4, -0.2) is 20.9 Å². The molecule has 0 bridgehead atoms. The predicted molar refractivity (Wildman–Crippen MR) is 108 cm³/mol. The summed E-state index contributed by atoms with van der Waals surface area (Å²) in [6, 6.07) is 11.0. The molecule has 0 spiro atoms. The Kier molecular flexibility index (Phi) is 5.24. The van der Waals surface area contributed by atoms with Gasteiger partial charge in [0.1, 0.15) is 0 Å². The van der Waals surface area contributed by atoms with Crippen LogP contribution < -0.4 is 9.62 Å². The lowest BCUT2D eigenvalue weighted by molar-refractivity contribution is -0.118. The smallest absolute Gasteiger partial charge is 0.236 e. The number of sulfonamides is 1. The number of hydrogen-bond acceptors (Lipinski definition) is 3. The quantitative estimate of drug-likeness (QED) is 0.808. The fourth-order valence-electron chi connectivity index (χ4n) is 3.37. The number of aryl methyl sites for hydroxylation is 3. The number of terminal acetylenes is 1. The van der Waals surface area contributed by atoms with E-state index in [4.69, 9.17) is 6.42 Å². The fraction of sp³-hybridized carbons (Fsp3) is 0.286. The normalized spacial score (nSPS) is 13.8. The molecule has 0 aliphatic carbocycles. The molecule has 1 aliphatic rings. The van der Waals surface area contributed by atoms with Crippen molar-refractivity contribution in [2.45, 2.75) is 32.4 Å². The number of hydrogen-bond donors (Lipinski definition) is 1. The Morgan fingerprint density at radius 3 is 2.52 bits per heavy atom. The van der Waals surface area contributed by atoms with Gasteiger partial charge in [-0.2, -0.15) is 0 Å². The van der Waals surface area contributed by atoms with Crippen molar-refractivity contribution in [3.63, 3.8) is 0 Å². The van der Waals surface area contributed by atoms with E-state index in [2.05, 4.69) is 10.6 Å². The van der Waals surface area contributed by atoms with Crippen molar-refractivity contribution in [1.82, 2.24) is 0 Å². The predicted octanol–water partition coefficient (Wildman–Crippen LogP) is 3.16. The average molecular weight is 382 g/mol. The minimum absolute atomic E-state index is 0.00347. The number of nitrogens with zero attached hydrogens (tertiary/aromatic N) is 1. The van der Waals surface area contributed by atoms with Crippen molar-refractivity contribution in [2.24, 2.45) is 0 Å². The van der Waals surface area contributed by atoms with Crippen LogP contribution in [0.4, 0.5) is 11.4 Å². The summed E-state index contributed by atoms with van der Waals surface area (Å²) >= 11 is 0. The van der Waals surface area contributed by atoms with Gasteiger partial charge in [0.25, 0.3) is 0 Å². The van der Waals surface area contributed by atoms with Crippen LogP contribution in [0.15, 0.2) is 36.4 Å². The molecular formula is C21H22N2O3S. The van der Waals surface area contributed by atoms with Crippen LogP contribution in [0.25, 0.3) is 0 Å². The Bertz CT molecular complexity index is 1020. The molecule has 5 nitrogen and oxygen atoms in total. The van der Waals surface area contributed by atoms with Gasteiger partial charge in [0.2, 0.25) is 15.9 Å². The highest BCUT2D eigenvalue weighted by Crippen LogP contribution is 2.34. The third kappa shape index (κ3) is 4.32. The first-order valence-electron chi connectivity index (χ1n) is 8.72. The summed E-state index contributed by atoms with van der Waals surface area (Å²) in [7, 11) is -3.54. The number of anilines is 2. The molecule has 1 N–H and O–H groups in total. The van der Waals surface area contributed by atoms with Gasteiger partial charge >= 0.3 is 0 Å². The molecular weight excluding hydrogens is 360 g/mol. The molecule has 0 aromatic heterocycles. The van der Waals surface area contributed by atoms with Crippen molar-refractivity contribution in [3.05, 3.63) is 58.7 Å². The van der Waals surface area contributed by atoms with E-state index in [-0.39, 0.29) is 18.2 Å². The van der Waals surface area contributed by atoms with Crippen molar-refractivity contribution in [3.8, 4) is 12.3 Å². The maximum atomic E-state index is 12.6. The SMILES string of the molecule is C#CCN1C(=O)CCc2cc(NS(=O)(=O)Cc3ccc(C)cc3)cc(C)c21. The van der Waals surface area contributed by atoms with Crippen LogP contribution in [0.3, 0.4) is 0 Å². The van der Waals surface area contributed by atoms with Crippen LogP contribution >= 0.6 is 0 Å². The lowest BCUT2D eigenvalue weighted by Crippen LogP contribution is -2.36. The summed E-state index contributed by atoms with van der Waals surface area (Å²) in [4.78, 5) is 13.8. The van der Waals surface area contributed by atoms with Crippen LogP contribution in [0.2, 0.25) is 0 Å². The summed E-state index contributed by atoms with van der Waals surface area (Å²) in [5, 5.41) is 0. The number of fused-ring (bicyclic) bond motifs is 1. The summed E-state index contributed by atoms with van der Waals surface area (Å²) < 4.78 is 27.8. The van der Waals surface area contributed by atoms with Gasteiger partial charge < -0.3 is 4.90 Å². The zero-order valence-corrected chi connectivity index (χ0v) is 16.3. The Morgan fingerprint density at radius 2 is 1.85 bits per heavy atom. The average Bonchev–Trinajstić information content (AvgIpc) is 2.59. The second-order valence-corrected chi connectivity index (χ2v) is 8.55. The first-order chi connectivity index (χ1) is 12.8. The Labute approximate surface area is 160 Å². The van der Waals surface area contributed by atoms with Gasteiger partial charge in [-0.15, -0.1) is 6.42 Å². The number of carbonyl (C=O) groups is 1. The third-order valence-corrected chi connectivity index (χ3v) is 5.82. The van der Waals surface area contributed by atoms with E-state index in [1.165, 1.54) is 0 Å². The maximum Gasteiger partial charge on any atom is 0.236 e. The standard InChI is InChI=1S/C21H22N2O3S/c1-4-11-23-20(24)10-9-18-13-19(12-16(3)21(18)23)22-27(25,26)14-17-7-5-15(2)6-8-17/h1,5-8,12-13,22H,9-11,14H2,2-3H3. The second kappa shape index (κ2) is 7.45. The number of amides is 1. The van der Waals surface area contributed by atoms with Gasteiger partial charge in [0.05, 0.1) is 18.0 Å². The minimum atomic E-state index is -3.54. The largest absolute Gasteiger partial charge is 0.300 e. The molecule has 1 aliphatic heterocycles. The molecule has 0 fully saturated rings. The summed E-state index contributed by atoms with van der Waals surface area (Å²) in [5.41, 5.74) is 4.87. The third-order valence-electron chi connectivity index (χ3n) is 4.56. The van der Waals surface area contributed by atoms with E-state index < -0.39 is 10.0 Å². The molecule has 0 unspecified atom stereocenters. The summed E-state index contributed by atoms with van der Waals surface area (Å²) in [5.74, 6) is 2.42. The lowest BCUT2D eigenvalue weighted by atomic mass is 9.97. The highest BCUT2D eigenvalue weighted by molar-refractivity contribution is 7.91. The molecule has 1 amide bonds. The number of nitrogens with one attached hydrogen (secondary N) is 1. The second-order valence-electron chi connectivity index (χ2n) is 6.83.